The third kappa shape index (κ3) is 3.77. The second-order valence-electron chi connectivity index (χ2n) is 3.59. The number of hydrogen-bond acceptors (Lipinski definition) is 6. The smallest absolute Gasteiger partial charge is 0.371 e. The molecule has 0 aliphatic heterocycles. The normalized spacial score (nSPS) is 12.0. The summed E-state index contributed by atoms with van der Waals surface area (Å²) >= 11 is 0. The van der Waals surface area contributed by atoms with Gasteiger partial charge in [-0.3, -0.25) is 0 Å². The molecule has 2 N–H and O–H groups in total. The molecule has 0 amide bonds. The van der Waals surface area contributed by atoms with Gasteiger partial charge in [0.25, 0.3) is 0 Å². The number of aromatic carboxylic acids is 1. The molecule has 108 valence electrons. The third-order valence-corrected chi connectivity index (χ3v) is 3.87. The second kappa shape index (κ2) is 6.15. The van der Waals surface area contributed by atoms with Crippen molar-refractivity contribution in [2.24, 2.45) is 0 Å². The van der Waals surface area contributed by atoms with Crippen molar-refractivity contribution in [3.8, 4) is 0 Å². The number of carboxylic acids is 1. The Hall–Kier alpha value is -1.42. The Bertz CT molecular complexity index is 544. The molecule has 0 aliphatic rings. The average molecular weight is 293 g/mol. The highest BCUT2D eigenvalue weighted by Crippen LogP contribution is 2.19. The standard InChI is InChI=1S/C10H15NO7S/c1-6-8(4-7(18-6)10(12)13)19(14,15)11-5-9(16-2)17-3/h4,9,11H,5H2,1-3H3,(H,12,13). The first-order valence-corrected chi connectivity index (χ1v) is 6.69. The van der Waals surface area contributed by atoms with E-state index in [0.717, 1.165) is 6.07 Å². The summed E-state index contributed by atoms with van der Waals surface area (Å²) in [6, 6.07) is 0.953. The molecule has 0 saturated heterocycles. The lowest BCUT2D eigenvalue weighted by Crippen LogP contribution is -2.34. The van der Waals surface area contributed by atoms with Crippen LogP contribution in [-0.4, -0.2) is 46.5 Å². The van der Waals surface area contributed by atoms with Crippen molar-refractivity contribution in [1.29, 1.82) is 0 Å². The quantitative estimate of drug-likeness (QED) is 0.689. The molecule has 8 nitrogen and oxygen atoms in total. The monoisotopic (exact) mass is 293 g/mol. The van der Waals surface area contributed by atoms with Crippen molar-refractivity contribution in [3.63, 3.8) is 0 Å². The van der Waals surface area contributed by atoms with Crippen LogP contribution in [0.3, 0.4) is 0 Å². The molecule has 9 heteroatoms. The predicted octanol–water partition coefficient (Wildman–Crippen LogP) is 0.183. The lowest BCUT2D eigenvalue weighted by molar-refractivity contribution is -0.0960. The van der Waals surface area contributed by atoms with Gasteiger partial charge < -0.3 is 19.0 Å². The summed E-state index contributed by atoms with van der Waals surface area (Å²) in [5.74, 6) is -1.78. The SMILES string of the molecule is COC(CNS(=O)(=O)c1cc(C(=O)O)oc1C)OC. The molecule has 1 aromatic heterocycles. The van der Waals surface area contributed by atoms with E-state index in [4.69, 9.17) is 19.0 Å². The summed E-state index contributed by atoms with van der Waals surface area (Å²) in [7, 11) is -1.15. The molecule has 0 spiro atoms. The van der Waals surface area contributed by atoms with Crippen LogP contribution in [0.1, 0.15) is 16.3 Å². The minimum atomic E-state index is -3.89. The zero-order valence-electron chi connectivity index (χ0n) is 10.7. The largest absolute Gasteiger partial charge is 0.475 e. The van der Waals surface area contributed by atoms with Crippen LogP contribution in [-0.2, 0) is 19.5 Å². The average Bonchev–Trinajstić information content (AvgIpc) is 2.73. The van der Waals surface area contributed by atoms with Gasteiger partial charge in [-0.25, -0.2) is 17.9 Å². The lowest BCUT2D eigenvalue weighted by Gasteiger charge is -2.13. The molecule has 0 radical (unpaired) electrons. The van der Waals surface area contributed by atoms with E-state index in [1.807, 2.05) is 0 Å². The topological polar surface area (TPSA) is 115 Å². The van der Waals surface area contributed by atoms with E-state index in [-0.39, 0.29) is 17.2 Å². The molecular weight excluding hydrogens is 278 g/mol. The number of nitrogens with one attached hydrogen (secondary N) is 1. The highest BCUT2D eigenvalue weighted by atomic mass is 32.2. The van der Waals surface area contributed by atoms with E-state index in [0.29, 0.717) is 0 Å². The van der Waals surface area contributed by atoms with Gasteiger partial charge in [0.05, 0.1) is 6.54 Å². The molecule has 1 aromatic rings. The molecule has 0 aliphatic carbocycles. The summed E-state index contributed by atoms with van der Waals surface area (Å²) in [6.45, 7) is 1.26. The van der Waals surface area contributed by atoms with Crippen LogP contribution >= 0.6 is 0 Å². The molecule has 1 heterocycles. The van der Waals surface area contributed by atoms with Crippen LogP contribution in [0.4, 0.5) is 0 Å². The zero-order chi connectivity index (χ0) is 14.6. The summed E-state index contributed by atoms with van der Waals surface area (Å²) in [5, 5.41) is 8.73. The van der Waals surface area contributed by atoms with Crippen LogP contribution < -0.4 is 4.72 Å². The number of carbonyl (C=O) groups is 1. The highest BCUT2D eigenvalue weighted by Gasteiger charge is 2.24. The van der Waals surface area contributed by atoms with Crippen molar-refractivity contribution in [2.45, 2.75) is 18.1 Å². The van der Waals surface area contributed by atoms with E-state index >= 15 is 0 Å². The number of sulfonamides is 1. The lowest BCUT2D eigenvalue weighted by atomic mass is 10.4. The maximum Gasteiger partial charge on any atom is 0.371 e. The number of furan rings is 1. The first-order valence-electron chi connectivity index (χ1n) is 5.20. The maximum absolute atomic E-state index is 12.0. The molecule has 0 atom stereocenters. The number of carboxylic acid groups (broad SMARTS) is 1. The van der Waals surface area contributed by atoms with Crippen LogP contribution in [0.5, 0.6) is 0 Å². The van der Waals surface area contributed by atoms with Gasteiger partial charge in [0.15, 0.2) is 6.29 Å². The minimum Gasteiger partial charge on any atom is -0.475 e. The number of aryl methyl sites for hydroxylation is 1. The first kappa shape index (κ1) is 15.6. The number of methoxy groups -OCH3 is 2. The first-order chi connectivity index (χ1) is 8.81. The number of rotatable bonds is 7. The number of ether oxygens (including phenoxy) is 2. The van der Waals surface area contributed by atoms with Gasteiger partial charge in [0, 0.05) is 20.3 Å². The molecule has 0 fully saturated rings. The molecule has 0 bridgehead atoms. The fourth-order valence-corrected chi connectivity index (χ4v) is 2.55. The Balaban J connectivity index is 2.91. The zero-order valence-corrected chi connectivity index (χ0v) is 11.5. The van der Waals surface area contributed by atoms with Crippen LogP contribution in [0.25, 0.3) is 0 Å². The summed E-state index contributed by atoms with van der Waals surface area (Å²) in [5.41, 5.74) is 0. The molecule has 19 heavy (non-hydrogen) atoms. The van der Waals surface area contributed by atoms with Gasteiger partial charge in [-0.2, -0.15) is 0 Å². The van der Waals surface area contributed by atoms with Gasteiger partial charge in [-0.15, -0.1) is 0 Å². The molecule has 0 unspecified atom stereocenters. The Labute approximate surface area is 110 Å². The third-order valence-electron chi connectivity index (χ3n) is 2.34. The summed E-state index contributed by atoms with van der Waals surface area (Å²) in [6.07, 6.45) is -0.735. The van der Waals surface area contributed by atoms with Crippen molar-refractivity contribution in [1.82, 2.24) is 4.72 Å². The molecule has 0 saturated carbocycles. The molecular formula is C10H15NO7S. The summed E-state index contributed by atoms with van der Waals surface area (Å²) < 4.78 is 40.7. The van der Waals surface area contributed by atoms with Crippen LogP contribution in [0.2, 0.25) is 0 Å². The van der Waals surface area contributed by atoms with Crippen molar-refractivity contribution < 1.29 is 32.2 Å². The number of hydrogen-bond donors (Lipinski definition) is 2. The molecule has 1 rings (SSSR count). The Morgan fingerprint density at radius 2 is 2.05 bits per heavy atom. The van der Waals surface area contributed by atoms with E-state index in [2.05, 4.69) is 4.72 Å². The predicted molar refractivity (Wildman–Crippen MR) is 63.4 cm³/mol. The van der Waals surface area contributed by atoms with E-state index in [9.17, 15) is 13.2 Å². The van der Waals surface area contributed by atoms with Crippen molar-refractivity contribution in [3.05, 3.63) is 17.6 Å². The highest BCUT2D eigenvalue weighted by molar-refractivity contribution is 7.89. The maximum atomic E-state index is 12.0. The van der Waals surface area contributed by atoms with E-state index in [1.54, 1.807) is 0 Å². The Kier molecular flexibility index (Phi) is 5.06. The Morgan fingerprint density at radius 3 is 2.47 bits per heavy atom. The van der Waals surface area contributed by atoms with E-state index < -0.39 is 28.0 Å². The Morgan fingerprint density at radius 1 is 1.47 bits per heavy atom. The van der Waals surface area contributed by atoms with Crippen molar-refractivity contribution in [2.75, 3.05) is 20.8 Å². The van der Waals surface area contributed by atoms with Crippen LogP contribution in [0.15, 0.2) is 15.4 Å². The van der Waals surface area contributed by atoms with Gasteiger partial charge >= 0.3 is 5.97 Å². The molecule has 0 aromatic carbocycles. The van der Waals surface area contributed by atoms with Gasteiger partial charge in [-0.05, 0) is 6.92 Å². The van der Waals surface area contributed by atoms with Gasteiger partial charge in [0.2, 0.25) is 15.8 Å². The fraction of sp³-hybridized carbons (Fsp3) is 0.500. The fourth-order valence-electron chi connectivity index (χ4n) is 1.36. The minimum absolute atomic E-state index is 0.00344. The summed E-state index contributed by atoms with van der Waals surface area (Å²) in [4.78, 5) is 10.5. The van der Waals surface area contributed by atoms with Crippen LogP contribution in [0, 0.1) is 6.92 Å². The van der Waals surface area contributed by atoms with E-state index in [1.165, 1.54) is 21.1 Å². The van der Waals surface area contributed by atoms with Gasteiger partial charge in [0.1, 0.15) is 10.7 Å². The second-order valence-corrected chi connectivity index (χ2v) is 5.32. The van der Waals surface area contributed by atoms with Crippen molar-refractivity contribution >= 4 is 16.0 Å². The van der Waals surface area contributed by atoms with Gasteiger partial charge in [-0.1, -0.05) is 0 Å².